The summed E-state index contributed by atoms with van der Waals surface area (Å²) in [7, 11) is 3.16. The van der Waals surface area contributed by atoms with E-state index in [9.17, 15) is 4.79 Å². The van der Waals surface area contributed by atoms with E-state index in [0.717, 1.165) is 16.8 Å². The zero-order valence-corrected chi connectivity index (χ0v) is 16.0. The van der Waals surface area contributed by atoms with Crippen LogP contribution in [0, 0.1) is 20.8 Å². The number of rotatable bonds is 5. The molecule has 0 aliphatic carbocycles. The zero-order chi connectivity index (χ0) is 19.6. The summed E-state index contributed by atoms with van der Waals surface area (Å²) >= 11 is 0. The minimum atomic E-state index is -0.353. The number of benzene rings is 2. The smallest absolute Gasteiger partial charge is 0.278 e. The van der Waals surface area contributed by atoms with Gasteiger partial charge < -0.3 is 14.8 Å². The summed E-state index contributed by atoms with van der Waals surface area (Å²) in [5.41, 5.74) is 4.23. The Kier molecular flexibility index (Phi) is 5.12. The normalized spacial score (nSPS) is 10.6. The first kappa shape index (κ1) is 18.4. The van der Waals surface area contributed by atoms with Gasteiger partial charge in [-0.1, -0.05) is 17.3 Å². The van der Waals surface area contributed by atoms with Gasteiger partial charge >= 0.3 is 0 Å². The summed E-state index contributed by atoms with van der Waals surface area (Å²) < 4.78 is 12.3. The molecule has 3 aromatic rings. The molecule has 0 aliphatic rings. The lowest BCUT2D eigenvalue weighted by molar-refractivity contribution is 0.102. The maximum absolute atomic E-state index is 12.8. The van der Waals surface area contributed by atoms with E-state index in [1.54, 1.807) is 25.8 Å². The molecule has 2 aromatic carbocycles. The first-order valence-corrected chi connectivity index (χ1v) is 8.48. The molecule has 0 saturated heterocycles. The Morgan fingerprint density at radius 3 is 2.26 bits per heavy atom. The second kappa shape index (κ2) is 7.49. The number of methoxy groups -OCH3 is 2. The lowest BCUT2D eigenvalue weighted by atomic mass is 10.2. The van der Waals surface area contributed by atoms with Crippen LogP contribution >= 0.6 is 0 Å². The molecule has 1 aromatic heterocycles. The third-order valence-corrected chi connectivity index (χ3v) is 4.28. The van der Waals surface area contributed by atoms with Crippen molar-refractivity contribution >= 4 is 11.6 Å². The van der Waals surface area contributed by atoms with Crippen LogP contribution in [0.3, 0.4) is 0 Å². The van der Waals surface area contributed by atoms with Gasteiger partial charge in [0, 0.05) is 0 Å². The first-order chi connectivity index (χ1) is 12.9. The predicted octanol–water partition coefficient (Wildman–Crippen LogP) is 3.46. The van der Waals surface area contributed by atoms with Gasteiger partial charge in [-0.05, 0) is 56.2 Å². The largest absolute Gasteiger partial charge is 0.495 e. The molecule has 1 heterocycles. The summed E-state index contributed by atoms with van der Waals surface area (Å²) in [5, 5.41) is 11.1. The van der Waals surface area contributed by atoms with Gasteiger partial charge in [0.1, 0.15) is 17.2 Å². The Balaban J connectivity index is 1.95. The SMILES string of the molecule is COc1ccc(C)cc1NC(=O)c1nnn(-c2cc(C)ccc2OC)c1C. The highest BCUT2D eigenvalue weighted by molar-refractivity contribution is 6.04. The molecule has 0 unspecified atom stereocenters. The fraction of sp³-hybridized carbons (Fsp3) is 0.250. The van der Waals surface area contributed by atoms with E-state index < -0.39 is 0 Å². The lowest BCUT2D eigenvalue weighted by Crippen LogP contribution is -2.15. The van der Waals surface area contributed by atoms with Crippen LogP contribution < -0.4 is 14.8 Å². The molecular weight excluding hydrogens is 344 g/mol. The molecule has 0 fully saturated rings. The number of hydrogen-bond acceptors (Lipinski definition) is 5. The van der Waals surface area contributed by atoms with Crippen molar-refractivity contribution < 1.29 is 14.3 Å². The minimum Gasteiger partial charge on any atom is -0.495 e. The van der Waals surface area contributed by atoms with Crippen LogP contribution in [-0.2, 0) is 0 Å². The van der Waals surface area contributed by atoms with Crippen molar-refractivity contribution in [1.29, 1.82) is 0 Å². The molecule has 27 heavy (non-hydrogen) atoms. The number of nitrogens with zero attached hydrogens (tertiary/aromatic N) is 3. The first-order valence-electron chi connectivity index (χ1n) is 8.48. The van der Waals surface area contributed by atoms with Gasteiger partial charge in [-0.25, -0.2) is 4.68 Å². The zero-order valence-electron chi connectivity index (χ0n) is 16.0. The number of carbonyl (C=O) groups is 1. The highest BCUT2D eigenvalue weighted by atomic mass is 16.5. The van der Waals surface area contributed by atoms with Gasteiger partial charge in [0.05, 0.1) is 25.6 Å². The maximum Gasteiger partial charge on any atom is 0.278 e. The van der Waals surface area contributed by atoms with Crippen LogP contribution in [0.5, 0.6) is 11.5 Å². The molecule has 0 saturated carbocycles. The van der Waals surface area contributed by atoms with E-state index in [0.29, 0.717) is 22.9 Å². The van der Waals surface area contributed by atoms with Crippen LogP contribution in [0.1, 0.15) is 27.3 Å². The Labute approximate surface area is 157 Å². The van der Waals surface area contributed by atoms with E-state index >= 15 is 0 Å². The minimum absolute atomic E-state index is 0.238. The molecule has 1 amide bonds. The predicted molar refractivity (Wildman–Crippen MR) is 103 cm³/mol. The number of carbonyl (C=O) groups excluding carboxylic acids is 1. The van der Waals surface area contributed by atoms with Crippen molar-refractivity contribution in [3.05, 3.63) is 58.9 Å². The molecule has 0 spiro atoms. The maximum atomic E-state index is 12.8. The van der Waals surface area contributed by atoms with Gasteiger partial charge in [-0.15, -0.1) is 5.10 Å². The van der Waals surface area contributed by atoms with Gasteiger partial charge in [0.15, 0.2) is 5.69 Å². The molecule has 140 valence electrons. The quantitative estimate of drug-likeness (QED) is 0.748. The summed E-state index contributed by atoms with van der Waals surface area (Å²) in [5.74, 6) is 0.884. The number of nitrogens with one attached hydrogen (secondary N) is 1. The highest BCUT2D eigenvalue weighted by Crippen LogP contribution is 2.27. The Hall–Kier alpha value is -3.35. The Bertz CT molecular complexity index is 995. The van der Waals surface area contributed by atoms with Crippen LogP contribution in [0.4, 0.5) is 5.69 Å². The molecule has 7 heteroatoms. The number of ether oxygens (including phenoxy) is 2. The molecular formula is C20H22N4O3. The van der Waals surface area contributed by atoms with Crippen LogP contribution in [0.25, 0.3) is 5.69 Å². The third-order valence-electron chi connectivity index (χ3n) is 4.28. The van der Waals surface area contributed by atoms with Gasteiger partial charge in [-0.3, -0.25) is 4.79 Å². The second-order valence-electron chi connectivity index (χ2n) is 6.27. The van der Waals surface area contributed by atoms with Crippen LogP contribution in [-0.4, -0.2) is 35.1 Å². The number of aryl methyl sites for hydroxylation is 2. The average Bonchev–Trinajstić information content (AvgIpc) is 3.03. The lowest BCUT2D eigenvalue weighted by Gasteiger charge is -2.11. The highest BCUT2D eigenvalue weighted by Gasteiger charge is 2.20. The third kappa shape index (κ3) is 3.62. The van der Waals surface area contributed by atoms with Crippen molar-refractivity contribution in [2.75, 3.05) is 19.5 Å². The van der Waals surface area contributed by atoms with Crippen molar-refractivity contribution in [1.82, 2.24) is 15.0 Å². The van der Waals surface area contributed by atoms with E-state index in [1.165, 1.54) is 0 Å². The van der Waals surface area contributed by atoms with E-state index in [1.807, 2.05) is 50.2 Å². The number of hydrogen-bond donors (Lipinski definition) is 1. The number of aromatic nitrogens is 3. The Morgan fingerprint density at radius 2 is 1.59 bits per heavy atom. The monoisotopic (exact) mass is 366 g/mol. The number of anilines is 1. The van der Waals surface area contributed by atoms with Crippen molar-refractivity contribution in [2.45, 2.75) is 20.8 Å². The summed E-state index contributed by atoms with van der Waals surface area (Å²) in [6, 6.07) is 11.3. The molecule has 7 nitrogen and oxygen atoms in total. The van der Waals surface area contributed by atoms with Gasteiger partial charge in [0.2, 0.25) is 0 Å². The van der Waals surface area contributed by atoms with Crippen LogP contribution in [0.15, 0.2) is 36.4 Å². The molecule has 0 aliphatic heterocycles. The van der Waals surface area contributed by atoms with E-state index in [2.05, 4.69) is 15.6 Å². The fourth-order valence-corrected chi connectivity index (χ4v) is 2.83. The number of amides is 1. The van der Waals surface area contributed by atoms with Crippen molar-refractivity contribution in [2.24, 2.45) is 0 Å². The van der Waals surface area contributed by atoms with E-state index in [-0.39, 0.29) is 11.6 Å². The van der Waals surface area contributed by atoms with Crippen molar-refractivity contribution in [3.8, 4) is 17.2 Å². The average molecular weight is 366 g/mol. The topological polar surface area (TPSA) is 78.3 Å². The fourth-order valence-electron chi connectivity index (χ4n) is 2.83. The second-order valence-corrected chi connectivity index (χ2v) is 6.27. The van der Waals surface area contributed by atoms with E-state index in [4.69, 9.17) is 9.47 Å². The Morgan fingerprint density at radius 1 is 0.963 bits per heavy atom. The van der Waals surface area contributed by atoms with Crippen molar-refractivity contribution in [3.63, 3.8) is 0 Å². The van der Waals surface area contributed by atoms with Gasteiger partial charge in [0.25, 0.3) is 5.91 Å². The van der Waals surface area contributed by atoms with Gasteiger partial charge in [-0.2, -0.15) is 0 Å². The molecule has 3 rings (SSSR count). The summed E-state index contributed by atoms with van der Waals surface area (Å²) in [6.07, 6.45) is 0. The molecule has 0 bridgehead atoms. The summed E-state index contributed by atoms with van der Waals surface area (Å²) in [4.78, 5) is 12.8. The molecule has 0 radical (unpaired) electrons. The standard InChI is InChI=1S/C20H22N4O3/c1-12-6-8-17(26-4)15(10-12)21-20(25)19-14(3)24(23-22-19)16-11-13(2)7-9-18(16)27-5/h6-11H,1-5H3,(H,21,25). The summed E-state index contributed by atoms with van der Waals surface area (Å²) in [6.45, 7) is 5.72. The molecule has 0 atom stereocenters. The van der Waals surface area contributed by atoms with Crippen LogP contribution in [0.2, 0.25) is 0 Å². The molecule has 1 N–H and O–H groups in total.